The molecule has 2 heterocycles. The Morgan fingerprint density at radius 2 is 1.90 bits per heavy atom. The highest BCUT2D eigenvalue weighted by Gasteiger charge is 2.19. The van der Waals surface area contributed by atoms with Crippen molar-refractivity contribution in [3.05, 3.63) is 53.5 Å². The number of hydrogen-bond donors (Lipinski definition) is 0. The van der Waals surface area contributed by atoms with Crippen LogP contribution in [0.25, 0.3) is 16.9 Å². The van der Waals surface area contributed by atoms with E-state index in [4.69, 9.17) is 11.6 Å². The van der Waals surface area contributed by atoms with E-state index < -0.39 is 17.0 Å². The third-order valence-corrected chi connectivity index (χ3v) is 3.37. The van der Waals surface area contributed by atoms with Gasteiger partial charge in [0.1, 0.15) is 23.0 Å². The fourth-order valence-electron chi connectivity index (χ4n) is 2.24. The molecular formula is C15H12ClF2N3. The van der Waals surface area contributed by atoms with Gasteiger partial charge in [0.15, 0.2) is 5.65 Å². The summed E-state index contributed by atoms with van der Waals surface area (Å²) in [5.41, 5.74) is 2.08. The van der Waals surface area contributed by atoms with Gasteiger partial charge in [-0.05, 0) is 38.1 Å². The molecule has 0 aliphatic heterocycles. The van der Waals surface area contributed by atoms with Gasteiger partial charge in [0.05, 0.1) is 11.1 Å². The van der Waals surface area contributed by atoms with Gasteiger partial charge in [-0.25, -0.2) is 18.7 Å². The third kappa shape index (κ3) is 2.38. The molecule has 21 heavy (non-hydrogen) atoms. The van der Waals surface area contributed by atoms with Crippen molar-refractivity contribution in [1.29, 1.82) is 0 Å². The Balaban J connectivity index is 2.38. The van der Waals surface area contributed by atoms with Gasteiger partial charge in [-0.15, -0.1) is 11.6 Å². The molecule has 1 unspecified atom stereocenters. The highest BCUT2D eigenvalue weighted by molar-refractivity contribution is 6.20. The zero-order valence-corrected chi connectivity index (χ0v) is 12.2. The lowest BCUT2D eigenvalue weighted by Gasteiger charge is -2.11. The first-order valence-corrected chi connectivity index (χ1v) is 6.86. The van der Waals surface area contributed by atoms with Crippen LogP contribution in [0, 0.1) is 18.6 Å². The SMILES string of the molecule is Cc1ccc2nc(C(C)Cl)n(-c3ccc(F)cc3F)c2n1. The molecule has 3 rings (SSSR count). The lowest BCUT2D eigenvalue weighted by molar-refractivity contribution is 0.577. The number of fused-ring (bicyclic) bond motifs is 1. The highest BCUT2D eigenvalue weighted by Crippen LogP contribution is 2.28. The van der Waals surface area contributed by atoms with E-state index >= 15 is 0 Å². The van der Waals surface area contributed by atoms with Crippen LogP contribution in [-0.4, -0.2) is 14.5 Å². The quantitative estimate of drug-likeness (QED) is 0.661. The number of nitrogens with zero attached hydrogens (tertiary/aromatic N) is 3. The van der Waals surface area contributed by atoms with Crippen molar-refractivity contribution in [2.45, 2.75) is 19.2 Å². The third-order valence-electron chi connectivity index (χ3n) is 3.18. The number of imidazole rings is 1. The molecule has 0 saturated carbocycles. The minimum absolute atomic E-state index is 0.180. The molecular weight excluding hydrogens is 296 g/mol. The largest absolute Gasteiger partial charge is 0.276 e. The van der Waals surface area contributed by atoms with Crippen LogP contribution >= 0.6 is 11.6 Å². The predicted molar refractivity (Wildman–Crippen MR) is 77.8 cm³/mol. The van der Waals surface area contributed by atoms with Crippen molar-refractivity contribution in [1.82, 2.24) is 14.5 Å². The van der Waals surface area contributed by atoms with Crippen LogP contribution in [0.2, 0.25) is 0 Å². The van der Waals surface area contributed by atoms with E-state index in [0.29, 0.717) is 17.0 Å². The molecule has 0 aliphatic carbocycles. The fourth-order valence-corrected chi connectivity index (χ4v) is 2.38. The molecule has 0 bridgehead atoms. The molecule has 1 atom stereocenters. The second-order valence-electron chi connectivity index (χ2n) is 4.81. The Bertz CT molecular complexity index is 827. The summed E-state index contributed by atoms with van der Waals surface area (Å²) in [7, 11) is 0. The van der Waals surface area contributed by atoms with E-state index in [2.05, 4.69) is 9.97 Å². The van der Waals surface area contributed by atoms with Gasteiger partial charge in [0.25, 0.3) is 0 Å². The summed E-state index contributed by atoms with van der Waals surface area (Å²) in [5, 5.41) is -0.441. The predicted octanol–water partition coefficient (Wildman–Crippen LogP) is 4.31. The molecule has 0 aliphatic rings. The smallest absolute Gasteiger partial charge is 0.165 e. The Morgan fingerprint density at radius 3 is 2.57 bits per heavy atom. The molecule has 2 aromatic heterocycles. The average Bonchev–Trinajstić information content (AvgIpc) is 2.77. The molecule has 0 radical (unpaired) electrons. The minimum atomic E-state index is -0.684. The molecule has 0 N–H and O–H groups in total. The maximum absolute atomic E-state index is 14.1. The van der Waals surface area contributed by atoms with Gasteiger partial charge in [0.2, 0.25) is 0 Å². The van der Waals surface area contributed by atoms with Crippen LogP contribution in [0.15, 0.2) is 30.3 Å². The summed E-state index contributed by atoms with van der Waals surface area (Å²) in [6.07, 6.45) is 0. The molecule has 3 aromatic rings. The molecule has 108 valence electrons. The van der Waals surface area contributed by atoms with Gasteiger partial charge in [-0.2, -0.15) is 0 Å². The van der Waals surface area contributed by atoms with Crippen molar-refractivity contribution in [3.63, 3.8) is 0 Å². The van der Waals surface area contributed by atoms with E-state index in [1.165, 1.54) is 16.7 Å². The van der Waals surface area contributed by atoms with Crippen molar-refractivity contribution in [3.8, 4) is 5.69 Å². The minimum Gasteiger partial charge on any atom is -0.276 e. The van der Waals surface area contributed by atoms with E-state index in [9.17, 15) is 8.78 Å². The first-order valence-electron chi connectivity index (χ1n) is 6.43. The number of rotatable bonds is 2. The second-order valence-corrected chi connectivity index (χ2v) is 5.47. The average molecular weight is 308 g/mol. The lowest BCUT2D eigenvalue weighted by Crippen LogP contribution is -2.05. The van der Waals surface area contributed by atoms with Gasteiger partial charge in [0, 0.05) is 11.8 Å². The van der Waals surface area contributed by atoms with Crippen molar-refractivity contribution >= 4 is 22.8 Å². The monoisotopic (exact) mass is 307 g/mol. The highest BCUT2D eigenvalue weighted by atomic mass is 35.5. The Morgan fingerprint density at radius 1 is 1.14 bits per heavy atom. The number of benzene rings is 1. The summed E-state index contributed by atoms with van der Waals surface area (Å²) >= 11 is 6.15. The number of halogens is 3. The normalized spacial score (nSPS) is 12.8. The summed E-state index contributed by atoms with van der Waals surface area (Å²) < 4.78 is 28.8. The molecule has 0 amide bonds. The first-order chi connectivity index (χ1) is 9.97. The Labute approximate surface area is 125 Å². The summed E-state index contributed by atoms with van der Waals surface area (Å²) in [4.78, 5) is 8.80. The second kappa shape index (κ2) is 5.07. The first kappa shape index (κ1) is 13.9. The van der Waals surface area contributed by atoms with Crippen molar-refractivity contribution in [2.24, 2.45) is 0 Å². The maximum atomic E-state index is 14.1. The van der Waals surface area contributed by atoms with Gasteiger partial charge in [-0.3, -0.25) is 4.57 Å². The number of pyridine rings is 1. The van der Waals surface area contributed by atoms with E-state index in [0.717, 1.165) is 11.8 Å². The Kier molecular flexibility index (Phi) is 3.37. The van der Waals surface area contributed by atoms with Crippen LogP contribution < -0.4 is 0 Å². The Hall–Kier alpha value is -2.01. The summed E-state index contributed by atoms with van der Waals surface area (Å²) in [5.74, 6) is -0.850. The van der Waals surface area contributed by atoms with Crippen LogP contribution in [0.3, 0.4) is 0 Å². The van der Waals surface area contributed by atoms with Crippen LogP contribution in [0.4, 0.5) is 8.78 Å². The molecule has 6 heteroatoms. The molecule has 3 nitrogen and oxygen atoms in total. The topological polar surface area (TPSA) is 30.7 Å². The molecule has 0 spiro atoms. The van der Waals surface area contributed by atoms with Gasteiger partial charge in [-0.1, -0.05) is 0 Å². The van der Waals surface area contributed by atoms with E-state index in [1.54, 1.807) is 13.0 Å². The van der Waals surface area contributed by atoms with Crippen molar-refractivity contribution in [2.75, 3.05) is 0 Å². The number of alkyl halides is 1. The molecule has 0 saturated heterocycles. The van der Waals surface area contributed by atoms with Crippen LogP contribution in [0.5, 0.6) is 0 Å². The van der Waals surface area contributed by atoms with Gasteiger partial charge < -0.3 is 0 Å². The standard InChI is InChI=1S/C15H12ClF2N3/c1-8-3-5-12-15(19-8)21(14(20-12)9(2)16)13-6-4-10(17)7-11(13)18/h3-7,9H,1-2H3. The van der Waals surface area contributed by atoms with Crippen LogP contribution in [0.1, 0.15) is 23.8 Å². The zero-order valence-electron chi connectivity index (χ0n) is 11.4. The zero-order chi connectivity index (χ0) is 15.1. The summed E-state index contributed by atoms with van der Waals surface area (Å²) in [6, 6.07) is 7.02. The number of aromatic nitrogens is 3. The van der Waals surface area contributed by atoms with E-state index in [1.807, 2.05) is 13.0 Å². The van der Waals surface area contributed by atoms with Crippen LogP contribution in [-0.2, 0) is 0 Å². The maximum Gasteiger partial charge on any atom is 0.165 e. The summed E-state index contributed by atoms with van der Waals surface area (Å²) in [6.45, 7) is 3.58. The number of hydrogen-bond acceptors (Lipinski definition) is 2. The van der Waals surface area contributed by atoms with Gasteiger partial charge >= 0.3 is 0 Å². The fraction of sp³-hybridized carbons (Fsp3) is 0.200. The molecule has 0 fully saturated rings. The van der Waals surface area contributed by atoms with Crippen molar-refractivity contribution < 1.29 is 8.78 Å². The van der Waals surface area contributed by atoms with E-state index in [-0.39, 0.29) is 5.69 Å². The number of aryl methyl sites for hydroxylation is 1. The molecule has 1 aromatic carbocycles. The lowest BCUT2D eigenvalue weighted by atomic mass is 10.2.